The summed E-state index contributed by atoms with van der Waals surface area (Å²) in [5.41, 5.74) is 0.0742. The van der Waals surface area contributed by atoms with Crippen LogP contribution in [0, 0.1) is 5.82 Å². The maximum Gasteiger partial charge on any atom is 0.491 e. The summed E-state index contributed by atoms with van der Waals surface area (Å²) in [5.74, 6) is -4.16. The van der Waals surface area contributed by atoms with E-state index in [1.807, 2.05) is 0 Å². The molecule has 0 aliphatic carbocycles. The lowest BCUT2D eigenvalue weighted by Gasteiger charge is -2.13. The van der Waals surface area contributed by atoms with E-state index in [0.717, 1.165) is 25.6 Å². The van der Waals surface area contributed by atoms with Gasteiger partial charge in [0.05, 0.1) is 18.0 Å². The van der Waals surface area contributed by atoms with Gasteiger partial charge >= 0.3 is 12.1 Å². The molecule has 0 atom stereocenters. The Labute approximate surface area is 159 Å². The van der Waals surface area contributed by atoms with Crippen molar-refractivity contribution in [2.45, 2.75) is 6.18 Å². The van der Waals surface area contributed by atoms with Crippen molar-refractivity contribution in [3.63, 3.8) is 0 Å². The van der Waals surface area contributed by atoms with E-state index in [4.69, 9.17) is 21.1 Å². The first kappa shape index (κ1) is 19.6. The van der Waals surface area contributed by atoms with E-state index in [-0.39, 0.29) is 33.3 Å². The lowest BCUT2D eigenvalue weighted by molar-refractivity contribution is -0.189. The molecule has 0 amide bonds. The second-order valence-electron chi connectivity index (χ2n) is 5.26. The predicted molar refractivity (Wildman–Crippen MR) is 89.3 cm³/mol. The molecule has 2 aromatic carbocycles. The van der Waals surface area contributed by atoms with Gasteiger partial charge in [-0.15, -0.1) is 0 Å². The van der Waals surface area contributed by atoms with E-state index in [2.05, 4.69) is 14.7 Å². The molecule has 3 rings (SSSR count). The number of alkyl halides is 3. The molecule has 1 heterocycles. The lowest BCUT2D eigenvalue weighted by atomic mass is 10.2. The number of ether oxygens (including phenoxy) is 3. The molecule has 3 aromatic rings. The minimum absolute atomic E-state index is 0.0742. The van der Waals surface area contributed by atoms with Crippen LogP contribution in [0.1, 0.15) is 0 Å². The summed E-state index contributed by atoms with van der Waals surface area (Å²) in [4.78, 5) is 18.9. The van der Waals surface area contributed by atoms with Crippen molar-refractivity contribution in [1.82, 2.24) is 9.97 Å². The van der Waals surface area contributed by atoms with Crippen molar-refractivity contribution in [2.24, 2.45) is 0 Å². The van der Waals surface area contributed by atoms with Crippen molar-refractivity contribution in [2.75, 3.05) is 7.11 Å². The maximum absolute atomic E-state index is 14.0. The number of methoxy groups -OCH3 is 1. The van der Waals surface area contributed by atoms with E-state index in [1.54, 1.807) is 0 Å². The number of fused-ring (bicyclic) bond motifs is 1. The van der Waals surface area contributed by atoms with Crippen molar-refractivity contribution in [3.05, 3.63) is 47.5 Å². The Morgan fingerprint density at radius 1 is 1.07 bits per heavy atom. The second kappa shape index (κ2) is 7.47. The Hall–Kier alpha value is -3.14. The lowest BCUT2D eigenvalue weighted by Crippen LogP contribution is -2.28. The van der Waals surface area contributed by atoms with Crippen LogP contribution < -0.4 is 14.2 Å². The average molecular weight is 417 g/mol. The summed E-state index contributed by atoms with van der Waals surface area (Å²) in [5, 5.41) is 0.343. The summed E-state index contributed by atoms with van der Waals surface area (Å²) < 4.78 is 66.0. The highest BCUT2D eigenvalue weighted by atomic mass is 35.5. The molecule has 0 bridgehead atoms. The number of carbonyl (C=O) groups is 1. The molecule has 1 aromatic heterocycles. The third kappa shape index (κ3) is 4.06. The third-order valence-electron chi connectivity index (χ3n) is 3.42. The Balaban J connectivity index is 2.03. The largest absolute Gasteiger partial charge is 0.493 e. The summed E-state index contributed by atoms with van der Waals surface area (Å²) >= 11 is 5.69. The minimum Gasteiger partial charge on any atom is -0.493 e. The fourth-order valence-corrected chi connectivity index (χ4v) is 2.34. The van der Waals surface area contributed by atoms with Crippen LogP contribution in [0.4, 0.5) is 17.6 Å². The summed E-state index contributed by atoms with van der Waals surface area (Å²) in [6.07, 6.45) is -4.14. The molecule has 0 unspecified atom stereocenters. The highest BCUT2D eigenvalue weighted by Crippen LogP contribution is 2.37. The first-order valence-corrected chi connectivity index (χ1v) is 7.81. The molecule has 0 saturated heterocycles. The average Bonchev–Trinajstić information content (AvgIpc) is 2.62. The Kier molecular flexibility index (Phi) is 5.23. The predicted octanol–water partition coefficient (Wildman–Crippen LogP) is 4.69. The van der Waals surface area contributed by atoms with Gasteiger partial charge in [0.15, 0.2) is 23.1 Å². The van der Waals surface area contributed by atoms with Gasteiger partial charge in [0, 0.05) is 11.1 Å². The monoisotopic (exact) mass is 416 g/mol. The van der Waals surface area contributed by atoms with Gasteiger partial charge < -0.3 is 14.2 Å². The molecule has 0 spiro atoms. The first-order chi connectivity index (χ1) is 13.2. The van der Waals surface area contributed by atoms with E-state index >= 15 is 0 Å². The van der Waals surface area contributed by atoms with Crippen LogP contribution >= 0.6 is 11.6 Å². The quantitative estimate of drug-likeness (QED) is 0.349. The van der Waals surface area contributed by atoms with Gasteiger partial charge in [0.25, 0.3) is 0 Å². The number of carbonyl (C=O) groups excluding carboxylic acids is 1. The number of hydrogen-bond acceptors (Lipinski definition) is 6. The van der Waals surface area contributed by atoms with Gasteiger partial charge in [-0.3, -0.25) is 0 Å². The molecule has 0 N–H and O–H groups in total. The van der Waals surface area contributed by atoms with E-state index in [0.29, 0.717) is 0 Å². The molecule has 0 saturated carbocycles. The van der Waals surface area contributed by atoms with Crippen molar-refractivity contribution in [1.29, 1.82) is 0 Å². The van der Waals surface area contributed by atoms with Gasteiger partial charge in [-0.1, -0.05) is 11.6 Å². The molecule has 28 heavy (non-hydrogen) atoms. The number of hydrogen-bond donors (Lipinski definition) is 0. The molecule has 0 fully saturated rings. The first-order valence-electron chi connectivity index (χ1n) is 7.43. The smallest absolute Gasteiger partial charge is 0.491 e. The van der Waals surface area contributed by atoms with Crippen LogP contribution in [-0.2, 0) is 4.79 Å². The summed E-state index contributed by atoms with van der Waals surface area (Å²) in [6.45, 7) is 0. The fraction of sp³-hybridized carbons (Fsp3) is 0.118. The van der Waals surface area contributed by atoms with Crippen LogP contribution in [0.5, 0.6) is 23.1 Å². The van der Waals surface area contributed by atoms with Crippen molar-refractivity contribution >= 4 is 28.5 Å². The molecule has 6 nitrogen and oxygen atoms in total. The molecular formula is C17H9ClF4N2O4. The molecule has 11 heteroatoms. The van der Waals surface area contributed by atoms with Gasteiger partial charge in [0.1, 0.15) is 6.33 Å². The highest BCUT2D eigenvalue weighted by Gasteiger charge is 2.42. The summed E-state index contributed by atoms with van der Waals surface area (Å²) in [6, 6.07) is 5.97. The van der Waals surface area contributed by atoms with Crippen molar-refractivity contribution < 1.29 is 36.6 Å². The van der Waals surface area contributed by atoms with Gasteiger partial charge in [-0.2, -0.15) is 13.2 Å². The zero-order valence-corrected chi connectivity index (χ0v) is 14.6. The number of esters is 1. The fourth-order valence-electron chi connectivity index (χ4n) is 2.18. The molecule has 0 aliphatic rings. The second-order valence-corrected chi connectivity index (χ2v) is 5.70. The van der Waals surface area contributed by atoms with Crippen molar-refractivity contribution in [3.8, 4) is 23.1 Å². The van der Waals surface area contributed by atoms with Crippen LogP contribution in [-0.4, -0.2) is 29.2 Å². The Morgan fingerprint density at radius 2 is 1.82 bits per heavy atom. The van der Waals surface area contributed by atoms with E-state index in [9.17, 15) is 22.4 Å². The normalized spacial score (nSPS) is 11.4. The van der Waals surface area contributed by atoms with Crippen LogP contribution in [0.3, 0.4) is 0 Å². The third-order valence-corrected chi connectivity index (χ3v) is 3.65. The number of halogens is 5. The zero-order chi connectivity index (χ0) is 20.5. The summed E-state index contributed by atoms with van der Waals surface area (Å²) in [7, 11) is 1.16. The topological polar surface area (TPSA) is 70.5 Å². The Morgan fingerprint density at radius 3 is 2.46 bits per heavy atom. The molecular weight excluding hydrogens is 408 g/mol. The van der Waals surface area contributed by atoms with E-state index in [1.165, 1.54) is 18.2 Å². The highest BCUT2D eigenvalue weighted by molar-refractivity contribution is 6.30. The van der Waals surface area contributed by atoms with E-state index < -0.39 is 23.7 Å². The Bertz CT molecular complexity index is 1060. The zero-order valence-electron chi connectivity index (χ0n) is 13.9. The van der Waals surface area contributed by atoms with Crippen LogP contribution in [0.25, 0.3) is 10.9 Å². The van der Waals surface area contributed by atoms with Crippen LogP contribution in [0.2, 0.25) is 5.02 Å². The number of aromatic nitrogens is 2. The molecule has 0 aliphatic heterocycles. The maximum atomic E-state index is 14.0. The number of rotatable bonds is 4. The standard InChI is InChI=1S/C17H9ClF4N2O4/c1-26-13-5-9-11(6-14(13)28-16(25)17(20,21)22)23-7-24-15(9)27-12-3-2-8(18)4-10(12)19/h2-7H,1H3. The van der Waals surface area contributed by atoms with Gasteiger partial charge in [0.2, 0.25) is 5.88 Å². The van der Waals surface area contributed by atoms with Crippen LogP contribution in [0.15, 0.2) is 36.7 Å². The minimum atomic E-state index is -5.19. The van der Waals surface area contributed by atoms with Gasteiger partial charge in [-0.25, -0.2) is 19.2 Å². The number of benzene rings is 2. The molecule has 0 radical (unpaired) electrons. The van der Waals surface area contributed by atoms with Gasteiger partial charge in [-0.05, 0) is 24.3 Å². The number of nitrogens with zero attached hydrogens (tertiary/aromatic N) is 2. The molecule has 146 valence electrons. The SMILES string of the molecule is COc1cc2c(Oc3ccc(Cl)cc3F)ncnc2cc1OC(=O)C(F)(F)F.